The molecule has 8 heteroatoms. The zero-order valence-corrected chi connectivity index (χ0v) is 13.5. The molecule has 0 aromatic heterocycles. The van der Waals surface area contributed by atoms with Crippen LogP contribution < -0.4 is 0 Å². The number of ketones is 2. The molecule has 0 saturated carbocycles. The standard InChI is InChI=1S/C11H12O5.C6H6O3/c1-3-6(13)10-8(15)4-7(14)9(5(2)12)11(10)16;7-4-1-5(8)3-6(9)2-4/h4,14-16H,3H2,1-2H3;1-3,7-9H. The van der Waals surface area contributed by atoms with Gasteiger partial charge >= 0.3 is 0 Å². The lowest BCUT2D eigenvalue weighted by Gasteiger charge is -2.10. The van der Waals surface area contributed by atoms with Crippen molar-refractivity contribution in [3.8, 4) is 34.5 Å². The molecule has 0 aliphatic heterocycles. The van der Waals surface area contributed by atoms with E-state index in [1.807, 2.05) is 0 Å². The Bertz CT molecular complexity index is 760. The van der Waals surface area contributed by atoms with Gasteiger partial charge in [-0.1, -0.05) is 6.92 Å². The minimum absolute atomic E-state index is 0.0727. The summed E-state index contributed by atoms with van der Waals surface area (Å²) in [6.07, 6.45) is 0.0727. The summed E-state index contributed by atoms with van der Waals surface area (Å²) in [6.45, 7) is 2.70. The van der Waals surface area contributed by atoms with Crippen LogP contribution in [-0.2, 0) is 0 Å². The Labute approximate surface area is 142 Å². The molecule has 8 nitrogen and oxygen atoms in total. The smallest absolute Gasteiger partial charge is 0.170 e. The SMILES string of the molecule is CCC(=O)c1c(O)cc(O)c(C(C)=O)c1O.Oc1cc(O)cc(O)c1. The minimum atomic E-state index is -0.670. The van der Waals surface area contributed by atoms with Gasteiger partial charge in [-0.2, -0.15) is 0 Å². The molecule has 25 heavy (non-hydrogen) atoms. The molecule has 0 aliphatic carbocycles. The lowest BCUT2D eigenvalue weighted by atomic mass is 9.99. The van der Waals surface area contributed by atoms with Crippen LogP contribution in [0.15, 0.2) is 24.3 Å². The fraction of sp³-hybridized carbons (Fsp3) is 0.176. The van der Waals surface area contributed by atoms with Gasteiger partial charge in [-0.05, 0) is 6.92 Å². The highest BCUT2D eigenvalue weighted by atomic mass is 16.3. The van der Waals surface area contributed by atoms with Crippen molar-refractivity contribution in [1.29, 1.82) is 0 Å². The summed E-state index contributed by atoms with van der Waals surface area (Å²) in [6, 6.07) is 4.29. The Hall–Kier alpha value is -3.42. The summed E-state index contributed by atoms with van der Waals surface area (Å²) in [4.78, 5) is 22.6. The number of benzene rings is 2. The van der Waals surface area contributed by atoms with E-state index in [4.69, 9.17) is 15.3 Å². The molecule has 0 amide bonds. The van der Waals surface area contributed by atoms with E-state index >= 15 is 0 Å². The first-order valence-electron chi connectivity index (χ1n) is 7.12. The molecule has 0 fully saturated rings. The van der Waals surface area contributed by atoms with Crippen molar-refractivity contribution in [2.45, 2.75) is 20.3 Å². The highest BCUT2D eigenvalue weighted by Gasteiger charge is 2.23. The van der Waals surface area contributed by atoms with Crippen LogP contribution in [0.3, 0.4) is 0 Å². The van der Waals surface area contributed by atoms with Crippen molar-refractivity contribution in [2.75, 3.05) is 0 Å². The maximum atomic E-state index is 11.4. The molecule has 134 valence electrons. The summed E-state index contributed by atoms with van der Waals surface area (Å²) in [7, 11) is 0. The predicted molar refractivity (Wildman–Crippen MR) is 87.5 cm³/mol. The molecule has 0 spiro atoms. The van der Waals surface area contributed by atoms with Gasteiger partial charge in [-0.15, -0.1) is 0 Å². The van der Waals surface area contributed by atoms with Gasteiger partial charge in [0.25, 0.3) is 0 Å². The Kier molecular flexibility index (Phi) is 6.21. The summed E-state index contributed by atoms with van der Waals surface area (Å²) in [5.74, 6) is -3.27. The number of rotatable bonds is 3. The summed E-state index contributed by atoms with van der Waals surface area (Å²) in [5, 5.41) is 54.5. The van der Waals surface area contributed by atoms with Gasteiger partial charge in [0.1, 0.15) is 45.6 Å². The average Bonchev–Trinajstić information content (AvgIpc) is 2.44. The average molecular weight is 350 g/mol. The van der Waals surface area contributed by atoms with E-state index < -0.39 is 28.8 Å². The molecular weight excluding hydrogens is 332 g/mol. The lowest BCUT2D eigenvalue weighted by molar-refractivity contribution is 0.0982. The summed E-state index contributed by atoms with van der Waals surface area (Å²) >= 11 is 0. The van der Waals surface area contributed by atoms with Crippen molar-refractivity contribution >= 4 is 11.6 Å². The van der Waals surface area contributed by atoms with Crippen LogP contribution >= 0.6 is 0 Å². The summed E-state index contributed by atoms with van der Waals surface area (Å²) < 4.78 is 0. The maximum absolute atomic E-state index is 11.4. The van der Waals surface area contributed by atoms with Crippen molar-refractivity contribution in [3.63, 3.8) is 0 Å². The van der Waals surface area contributed by atoms with Gasteiger partial charge in [0.05, 0.1) is 0 Å². The maximum Gasteiger partial charge on any atom is 0.170 e. The third-order valence-corrected chi connectivity index (χ3v) is 3.10. The molecule has 6 N–H and O–H groups in total. The van der Waals surface area contributed by atoms with Crippen LogP contribution in [0, 0.1) is 0 Å². The molecule has 0 atom stereocenters. The zero-order valence-electron chi connectivity index (χ0n) is 13.5. The molecule has 0 radical (unpaired) electrons. The molecule has 0 heterocycles. The van der Waals surface area contributed by atoms with Crippen LogP contribution in [-0.4, -0.2) is 42.2 Å². The minimum Gasteiger partial charge on any atom is -0.508 e. The third kappa shape index (κ3) is 4.77. The second-order valence-corrected chi connectivity index (χ2v) is 5.05. The topological polar surface area (TPSA) is 156 Å². The molecule has 0 aliphatic rings. The second-order valence-electron chi connectivity index (χ2n) is 5.05. The molecular formula is C17H18O8. The van der Waals surface area contributed by atoms with E-state index in [2.05, 4.69) is 0 Å². The number of Topliss-reactive ketones (excluding diaryl/α,β-unsaturated/α-hetero) is 2. The van der Waals surface area contributed by atoms with Crippen LogP contribution in [0.2, 0.25) is 0 Å². The Morgan fingerprint density at radius 3 is 1.52 bits per heavy atom. The van der Waals surface area contributed by atoms with Crippen molar-refractivity contribution in [1.82, 2.24) is 0 Å². The highest BCUT2D eigenvalue weighted by Crippen LogP contribution is 2.38. The lowest BCUT2D eigenvalue weighted by Crippen LogP contribution is -2.03. The van der Waals surface area contributed by atoms with Gasteiger partial charge in [0.15, 0.2) is 11.6 Å². The second kappa shape index (κ2) is 7.91. The summed E-state index contributed by atoms with van der Waals surface area (Å²) in [5.41, 5.74) is -0.680. The number of hydrogen-bond donors (Lipinski definition) is 6. The van der Waals surface area contributed by atoms with E-state index in [0.717, 1.165) is 31.2 Å². The predicted octanol–water partition coefficient (Wildman–Crippen LogP) is 2.40. The normalized spacial score (nSPS) is 9.84. The number of carbonyl (C=O) groups is 2. The molecule has 2 rings (SSSR count). The number of aromatic hydroxyl groups is 6. The number of phenols is 6. The fourth-order valence-electron chi connectivity index (χ4n) is 2.02. The monoisotopic (exact) mass is 350 g/mol. The third-order valence-electron chi connectivity index (χ3n) is 3.10. The highest BCUT2D eigenvalue weighted by molar-refractivity contribution is 6.07. The Morgan fingerprint density at radius 1 is 0.760 bits per heavy atom. The largest absolute Gasteiger partial charge is 0.508 e. The Morgan fingerprint density at radius 2 is 1.16 bits per heavy atom. The zero-order chi connectivity index (χ0) is 19.3. The van der Waals surface area contributed by atoms with E-state index in [-0.39, 0.29) is 34.8 Å². The van der Waals surface area contributed by atoms with Crippen LogP contribution in [0.25, 0.3) is 0 Å². The van der Waals surface area contributed by atoms with Crippen LogP contribution in [0.4, 0.5) is 0 Å². The van der Waals surface area contributed by atoms with Crippen LogP contribution in [0.1, 0.15) is 41.0 Å². The van der Waals surface area contributed by atoms with Crippen molar-refractivity contribution < 1.29 is 40.2 Å². The number of hydrogen-bond acceptors (Lipinski definition) is 8. The number of phenolic OH excluding ortho intramolecular Hbond substituents is 6. The fourth-order valence-corrected chi connectivity index (χ4v) is 2.02. The van der Waals surface area contributed by atoms with Crippen LogP contribution in [0.5, 0.6) is 34.5 Å². The quantitative estimate of drug-likeness (QED) is 0.461. The van der Waals surface area contributed by atoms with E-state index in [0.29, 0.717) is 0 Å². The first-order chi connectivity index (χ1) is 11.6. The molecule has 0 saturated heterocycles. The molecule has 0 bridgehead atoms. The first-order valence-corrected chi connectivity index (χ1v) is 7.12. The van der Waals surface area contributed by atoms with Crippen molar-refractivity contribution in [3.05, 3.63) is 35.4 Å². The van der Waals surface area contributed by atoms with Gasteiger partial charge < -0.3 is 30.6 Å². The van der Waals surface area contributed by atoms with E-state index in [1.54, 1.807) is 6.92 Å². The van der Waals surface area contributed by atoms with E-state index in [1.165, 1.54) is 0 Å². The molecule has 0 unspecified atom stereocenters. The van der Waals surface area contributed by atoms with Gasteiger partial charge in [-0.25, -0.2) is 0 Å². The van der Waals surface area contributed by atoms with E-state index in [9.17, 15) is 24.9 Å². The van der Waals surface area contributed by atoms with Crippen molar-refractivity contribution in [2.24, 2.45) is 0 Å². The first kappa shape index (κ1) is 19.6. The number of carbonyl (C=O) groups excluding carboxylic acids is 2. The molecule has 2 aromatic carbocycles. The molecule has 2 aromatic rings. The Balaban J connectivity index is 0.000000293. The van der Waals surface area contributed by atoms with Gasteiger partial charge in [-0.3, -0.25) is 9.59 Å². The van der Waals surface area contributed by atoms with Gasteiger partial charge in [0, 0.05) is 30.7 Å². The van der Waals surface area contributed by atoms with Gasteiger partial charge in [0.2, 0.25) is 0 Å².